The first-order valence-electron chi connectivity index (χ1n) is 5.03. The summed E-state index contributed by atoms with van der Waals surface area (Å²) in [5.41, 5.74) is 4.28. The number of aliphatic imine (C=N–C) groups is 1. The molecule has 0 unspecified atom stereocenters. The number of benzene rings is 1. The number of hydroxylamine groups is 1. The van der Waals surface area contributed by atoms with Gasteiger partial charge in [0.2, 0.25) is 0 Å². The Kier molecular flexibility index (Phi) is 2.12. The number of hydrogen-bond acceptors (Lipinski definition) is 5. The second-order valence-electron chi connectivity index (χ2n) is 3.72. The molecule has 0 fully saturated rings. The molecule has 0 aliphatic carbocycles. The van der Waals surface area contributed by atoms with E-state index in [1.54, 1.807) is 25.1 Å². The summed E-state index contributed by atoms with van der Waals surface area (Å²) in [7, 11) is 0. The highest BCUT2D eigenvalue weighted by Gasteiger charge is 2.28. The van der Waals surface area contributed by atoms with Crippen molar-refractivity contribution in [3.8, 4) is 0 Å². The van der Waals surface area contributed by atoms with Gasteiger partial charge in [-0.25, -0.2) is 10.5 Å². The molecule has 2 aliphatic heterocycles. The van der Waals surface area contributed by atoms with Gasteiger partial charge in [-0.05, 0) is 19.1 Å². The molecule has 3 rings (SSSR count). The van der Waals surface area contributed by atoms with Crippen molar-refractivity contribution in [2.45, 2.75) is 11.8 Å². The molecule has 0 spiro atoms. The van der Waals surface area contributed by atoms with Crippen molar-refractivity contribution < 1.29 is 9.63 Å². The van der Waals surface area contributed by atoms with Crippen molar-refractivity contribution in [3.05, 3.63) is 35.2 Å². The van der Waals surface area contributed by atoms with E-state index < -0.39 is 0 Å². The maximum absolute atomic E-state index is 12.1. The number of amidine groups is 1. The third-order valence-electron chi connectivity index (χ3n) is 2.61. The van der Waals surface area contributed by atoms with Crippen LogP contribution >= 0.6 is 12.6 Å². The van der Waals surface area contributed by atoms with Gasteiger partial charge >= 0.3 is 0 Å². The fourth-order valence-electron chi connectivity index (χ4n) is 1.77. The zero-order valence-electron chi connectivity index (χ0n) is 8.94. The monoisotopic (exact) mass is 247 g/mol. The van der Waals surface area contributed by atoms with Crippen LogP contribution < -0.4 is 10.8 Å². The van der Waals surface area contributed by atoms with E-state index in [4.69, 9.17) is 4.84 Å². The number of allylic oxidation sites excluding steroid dienone is 1. The standard InChI is InChI=1S/C11H9N3O2S/c1-5-9-10(14-16-5)12-6-3-2-4-7(17)8(6)11(15)13-9/h2-4,17H,1H3,(H,12,14)(H,13,15). The number of rotatable bonds is 0. The average Bonchev–Trinajstić information content (AvgIpc) is 2.55. The minimum atomic E-state index is -0.231. The molecule has 86 valence electrons. The first-order valence-corrected chi connectivity index (χ1v) is 5.47. The van der Waals surface area contributed by atoms with Gasteiger partial charge in [0, 0.05) is 4.90 Å². The van der Waals surface area contributed by atoms with E-state index in [-0.39, 0.29) is 5.91 Å². The summed E-state index contributed by atoms with van der Waals surface area (Å²) in [4.78, 5) is 22.1. The van der Waals surface area contributed by atoms with Gasteiger partial charge in [-0.2, -0.15) is 0 Å². The third-order valence-corrected chi connectivity index (χ3v) is 2.98. The van der Waals surface area contributed by atoms with Gasteiger partial charge in [0.25, 0.3) is 5.91 Å². The fourth-order valence-corrected chi connectivity index (χ4v) is 2.07. The van der Waals surface area contributed by atoms with Crippen LogP contribution in [-0.4, -0.2) is 11.7 Å². The van der Waals surface area contributed by atoms with Crippen molar-refractivity contribution in [1.29, 1.82) is 0 Å². The highest BCUT2D eigenvalue weighted by atomic mass is 32.1. The van der Waals surface area contributed by atoms with Gasteiger partial charge in [0.05, 0.1) is 11.3 Å². The molecule has 17 heavy (non-hydrogen) atoms. The second-order valence-corrected chi connectivity index (χ2v) is 4.20. The summed E-state index contributed by atoms with van der Waals surface area (Å²) in [6.07, 6.45) is 0. The summed E-state index contributed by atoms with van der Waals surface area (Å²) in [5, 5.41) is 2.76. The van der Waals surface area contributed by atoms with Gasteiger partial charge < -0.3 is 10.2 Å². The molecule has 6 heteroatoms. The Morgan fingerprint density at radius 1 is 1.41 bits per heavy atom. The first-order chi connectivity index (χ1) is 8.16. The normalized spacial score (nSPS) is 17.3. The number of hydrogen-bond donors (Lipinski definition) is 3. The number of fused-ring (bicyclic) bond motifs is 2. The highest BCUT2D eigenvalue weighted by Crippen LogP contribution is 2.29. The zero-order valence-corrected chi connectivity index (χ0v) is 9.84. The van der Waals surface area contributed by atoms with E-state index in [2.05, 4.69) is 28.4 Å². The van der Waals surface area contributed by atoms with Gasteiger partial charge in [-0.3, -0.25) is 4.79 Å². The lowest BCUT2D eigenvalue weighted by atomic mass is 10.1. The SMILES string of the molecule is CC1=C2NC(=O)c3c(S)cccc3N=C2NO1. The zero-order chi connectivity index (χ0) is 12.0. The molecule has 1 amide bonds. The molecule has 0 aromatic heterocycles. The lowest BCUT2D eigenvalue weighted by Crippen LogP contribution is -2.28. The summed E-state index contributed by atoms with van der Waals surface area (Å²) in [5.74, 6) is 0.866. The smallest absolute Gasteiger partial charge is 0.259 e. The maximum atomic E-state index is 12.1. The van der Waals surface area contributed by atoms with Crippen LogP contribution in [0, 0.1) is 0 Å². The highest BCUT2D eigenvalue weighted by molar-refractivity contribution is 7.80. The predicted molar refractivity (Wildman–Crippen MR) is 65.2 cm³/mol. The Bertz CT molecular complexity index is 592. The molecule has 2 N–H and O–H groups in total. The Labute approximate surface area is 103 Å². The minimum absolute atomic E-state index is 0.231. The molecule has 0 saturated heterocycles. The quantitative estimate of drug-likeness (QED) is 0.609. The van der Waals surface area contributed by atoms with Crippen LogP contribution in [-0.2, 0) is 4.84 Å². The van der Waals surface area contributed by atoms with E-state index in [0.717, 1.165) is 0 Å². The molecular formula is C11H9N3O2S. The summed E-state index contributed by atoms with van der Waals surface area (Å²) < 4.78 is 0. The van der Waals surface area contributed by atoms with Gasteiger partial charge in [0.1, 0.15) is 5.70 Å². The van der Waals surface area contributed by atoms with E-state index in [0.29, 0.717) is 33.4 Å². The predicted octanol–water partition coefficient (Wildman–Crippen LogP) is 1.51. The van der Waals surface area contributed by atoms with Gasteiger partial charge in [-0.15, -0.1) is 12.6 Å². The number of nitrogens with zero attached hydrogens (tertiary/aromatic N) is 1. The van der Waals surface area contributed by atoms with E-state index >= 15 is 0 Å². The van der Waals surface area contributed by atoms with Crippen molar-refractivity contribution in [2.24, 2.45) is 4.99 Å². The van der Waals surface area contributed by atoms with E-state index in [1.165, 1.54) is 0 Å². The summed E-state index contributed by atoms with van der Waals surface area (Å²) in [6.45, 7) is 1.75. The van der Waals surface area contributed by atoms with Gasteiger partial charge in [-0.1, -0.05) is 6.07 Å². The molecule has 1 aromatic carbocycles. The molecule has 0 atom stereocenters. The lowest BCUT2D eigenvalue weighted by molar-refractivity contribution is 0.0964. The Balaban J connectivity index is 2.24. The topological polar surface area (TPSA) is 62.7 Å². The second kappa shape index (κ2) is 3.53. The van der Waals surface area contributed by atoms with Crippen LogP contribution in [0.2, 0.25) is 0 Å². The molecule has 2 heterocycles. The van der Waals surface area contributed by atoms with Crippen molar-refractivity contribution >= 4 is 30.1 Å². The Morgan fingerprint density at radius 3 is 3.06 bits per heavy atom. The third kappa shape index (κ3) is 1.49. The first kappa shape index (κ1) is 10.2. The van der Waals surface area contributed by atoms with Crippen LogP contribution in [0.3, 0.4) is 0 Å². The minimum Gasteiger partial charge on any atom is -0.383 e. The molecule has 0 bridgehead atoms. The molecule has 5 nitrogen and oxygen atoms in total. The van der Waals surface area contributed by atoms with Crippen LogP contribution in [0.15, 0.2) is 39.5 Å². The molecule has 0 saturated carbocycles. The van der Waals surface area contributed by atoms with Crippen LogP contribution in [0.25, 0.3) is 0 Å². The number of nitrogens with one attached hydrogen (secondary N) is 2. The summed E-state index contributed by atoms with van der Waals surface area (Å²) >= 11 is 4.27. The number of carbonyl (C=O) groups is 1. The molecule has 2 aliphatic rings. The Morgan fingerprint density at radius 2 is 2.24 bits per heavy atom. The molecule has 0 radical (unpaired) electrons. The number of carbonyl (C=O) groups excluding carboxylic acids is 1. The van der Waals surface area contributed by atoms with Crippen LogP contribution in [0.4, 0.5) is 5.69 Å². The van der Waals surface area contributed by atoms with Crippen LogP contribution in [0.5, 0.6) is 0 Å². The van der Waals surface area contributed by atoms with E-state index in [1.807, 2.05) is 0 Å². The number of amides is 1. The van der Waals surface area contributed by atoms with E-state index in [9.17, 15) is 4.79 Å². The Hall–Kier alpha value is -1.95. The molecular weight excluding hydrogens is 238 g/mol. The summed E-state index contributed by atoms with van der Waals surface area (Å²) in [6, 6.07) is 5.32. The maximum Gasteiger partial charge on any atom is 0.259 e. The fraction of sp³-hybridized carbons (Fsp3) is 0.0909. The lowest BCUT2D eigenvalue weighted by Gasteiger charge is -2.05. The van der Waals surface area contributed by atoms with Crippen molar-refractivity contribution in [3.63, 3.8) is 0 Å². The van der Waals surface area contributed by atoms with Crippen molar-refractivity contribution in [1.82, 2.24) is 10.8 Å². The van der Waals surface area contributed by atoms with Crippen molar-refractivity contribution in [2.75, 3.05) is 0 Å². The van der Waals surface area contributed by atoms with Gasteiger partial charge in [0.15, 0.2) is 11.6 Å². The largest absolute Gasteiger partial charge is 0.383 e. The molecule has 1 aromatic rings. The van der Waals surface area contributed by atoms with Crippen LogP contribution in [0.1, 0.15) is 17.3 Å². The number of thiol groups is 1. The average molecular weight is 247 g/mol.